The van der Waals surface area contributed by atoms with Gasteiger partial charge in [0.15, 0.2) is 0 Å². The fourth-order valence-corrected chi connectivity index (χ4v) is 2.66. The van der Waals surface area contributed by atoms with Crippen molar-refractivity contribution in [3.8, 4) is 0 Å². The van der Waals surface area contributed by atoms with Crippen LogP contribution in [0.25, 0.3) is 0 Å². The van der Waals surface area contributed by atoms with Crippen LogP contribution in [0.1, 0.15) is 33.1 Å². The summed E-state index contributed by atoms with van der Waals surface area (Å²) < 4.78 is 0. The molecular weight excluding hydrogens is 188 g/mol. The first-order valence-corrected chi connectivity index (χ1v) is 5.96. The normalized spacial score (nSPS) is 39.9. The summed E-state index contributed by atoms with van der Waals surface area (Å²) in [4.78, 5) is 10.6. The molecule has 1 heterocycles. The van der Waals surface area contributed by atoms with Gasteiger partial charge >= 0.3 is 0 Å². The molecule has 1 aliphatic heterocycles. The van der Waals surface area contributed by atoms with Crippen molar-refractivity contribution in [3.05, 3.63) is 24.3 Å². The smallest absolute Gasteiger partial charge is 0.102 e. The Morgan fingerprint density at radius 1 is 1.20 bits per heavy atom. The number of hydrogen-bond acceptors (Lipinski definition) is 2. The fourth-order valence-electron chi connectivity index (χ4n) is 2.66. The van der Waals surface area contributed by atoms with Crippen LogP contribution in [0.15, 0.2) is 24.3 Å². The van der Waals surface area contributed by atoms with Gasteiger partial charge in [0, 0.05) is 18.3 Å². The molecule has 4 atom stereocenters. The quantitative estimate of drug-likeness (QED) is 0.521. The third kappa shape index (κ3) is 2.16. The fraction of sp³-hybridized carbons (Fsp3) is 0.692. The van der Waals surface area contributed by atoms with Crippen molar-refractivity contribution in [1.29, 1.82) is 0 Å². The molecule has 1 aliphatic carbocycles. The summed E-state index contributed by atoms with van der Waals surface area (Å²) >= 11 is 0. The van der Waals surface area contributed by atoms with Crippen LogP contribution < -0.4 is 0 Å². The number of rotatable bonds is 4. The summed E-state index contributed by atoms with van der Waals surface area (Å²) in [6.45, 7) is 4.24. The van der Waals surface area contributed by atoms with E-state index in [0.29, 0.717) is 24.0 Å². The van der Waals surface area contributed by atoms with E-state index in [0.717, 1.165) is 19.3 Å². The van der Waals surface area contributed by atoms with Gasteiger partial charge in [0.05, 0.1) is 6.10 Å². The van der Waals surface area contributed by atoms with E-state index in [1.807, 2.05) is 0 Å². The average Bonchev–Trinajstić information content (AvgIpc) is 2.81. The molecule has 0 amide bonds. The average molecular weight is 208 g/mol. The number of allylic oxidation sites excluding steroid dienone is 3. The van der Waals surface area contributed by atoms with Crippen LogP contribution in [-0.2, 0) is 9.78 Å². The molecule has 1 saturated carbocycles. The molecule has 2 heteroatoms. The molecule has 2 aliphatic rings. The van der Waals surface area contributed by atoms with Crippen LogP contribution in [0.3, 0.4) is 0 Å². The maximum atomic E-state index is 5.30. The molecule has 0 aromatic rings. The summed E-state index contributed by atoms with van der Waals surface area (Å²) in [6.07, 6.45) is 12.8. The van der Waals surface area contributed by atoms with Gasteiger partial charge in [0.2, 0.25) is 0 Å². The van der Waals surface area contributed by atoms with Crippen molar-refractivity contribution in [2.45, 2.75) is 45.3 Å². The van der Waals surface area contributed by atoms with Crippen molar-refractivity contribution in [1.82, 2.24) is 0 Å². The van der Waals surface area contributed by atoms with Crippen molar-refractivity contribution < 1.29 is 9.78 Å². The van der Waals surface area contributed by atoms with Crippen LogP contribution in [0.2, 0.25) is 0 Å². The second kappa shape index (κ2) is 4.95. The molecule has 2 fully saturated rings. The predicted molar refractivity (Wildman–Crippen MR) is 60.2 cm³/mol. The maximum absolute atomic E-state index is 5.30. The summed E-state index contributed by atoms with van der Waals surface area (Å²) in [6, 6.07) is 0. The van der Waals surface area contributed by atoms with E-state index in [-0.39, 0.29) is 0 Å². The largest absolute Gasteiger partial charge is 0.233 e. The van der Waals surface area contributed by atoms with E-state index in [2.05, 4.69) is 38.2 Å². The number of hydrogen-bond donors (Lipinski definition) is 0. The molecular formula is C13H20O2. The maximum Gasteiger partial charge on any atom is 0.102 e. The van der Waals surface area contributed by atoms with Gasteiger partial charge < -0.3 is 0 Å². The standard InChI is InChI=1S/C13H20O2/c1-3-5-6-8-11-10(7-4-2)12-9-13(11)15-14-12/h4-7,10-13H,3,8-9H2,1-2H3/b6-5-,7-4+/t10?,11-,12-,13+/m1/s1. The Labute approximate surface area is 91.9 Å². The molecule has 2 nitrogen and oxygen atoms in total. The molecule has 1 saturated heterocycles. The summed E-state index contributed by atoms with van der Waals surface area (Å²) in [7, 11) is 0. The Balaban J connectivity index is 1.98. The van der Waals surface area contributed by atoms with E-state index in [4.69, 9.17) is 9.78 Å². The highest BCUT2D eigenvalue weighted by Gasteiger charge is 2.48. The third-order valence-electron chi connectivity index (χ3n) is 3.39. The highest BCUT2D eigenvalue weighted by molar-refractivity contribution is 5.06. The van der Waals surface area contributed by atoms with Crippen LogP contribution in [0.4, 0.5) is 0 Å². The zero-order valence-corrected chi connectivity index (χ0v) is 9.56. The van der Waals surface area contributed by atoms with Gasteiger partial charge in [0.1, 0.15) is 6.10 Å². The van der Waals surface area contributed by atoms with Gasteiger partial charge in [-0.1, -0.05) is 31.2 Å². The van der Waals surface area contributed by atoms with E-state index in [9.17, 15) is 0 Å². The van der Waals surface area contributed by atoms with Gasteiger partial charge in [-0.15, -0.1) is 0 Å². The zero-order valence-electron chi connectivity index (χ0n) is 9.56. The molecule has 0 radical (unpaired) electrons. The van der Waals surface area contributed by atoms with E-state index in [1.54, 1.807) is 0 Å². The molecule has 2 bridgehead atoms. The van der Waals surface area contributed by atoms with Crippen LogP contribution in [0, 0.1) is 11.8 Å². The minimum atomic E-state index is 0.297. The minimum absolute atomic E-state index is 0.297. The lowest BCUT2D eigenvalue weighted by Gasteiger charge is -2.27. The van der Waals surface area contributed by atoms with Crippen LogP contribution in [-0.4, -0.2) is 12.2 Å². The van der Waals surface area contributed by atoms with E-state index >= 15 is 0 Å². The zero-order chi connectivity index (χ0) is 10.7. The SMILES string of the molecule is C/C=C/C1[C@@H](C/C=C\CC)[C@@H]2C[C@H]1OO2. The molecule has 2 rings (SSSR count). The first-order chi connectivity index (χ1) is 7.36. The number of fused-ring (bicyclic) bond motifs is 2. The first kappa shape index (κ1) is 10.9. The lowest BCUT2D eigenvalue weighted by atomic mass is 9.89. The van der Waals surface area contributed by atoms with Gasteiger partial charge in [-0.2, -0.15) is 0 Å². The summed E-state index contributed by atoms with van der Waals surface area (Å²) in [5.41, 5.74) is 0. The summed E-state index contributed by atoms with van der Waals surface area (Å²) in [5, 5.41) is 0. The molecule has 1 unspecified atom stereocenters. The Kier molecular flexibility index (Phi) is 3.60. The molecule has 0 aromatic heterocycles. The van der Waals surface area contributed by atoms with Gasteiger partial charge in [-0.05, 0) is 19.8 Å². The Bertz CT molecular complexity index is 257. The van der Waals surface area contributed by atoms with Crippen molar-refractivity contribution in [2.75, 3.05) is 0 Å². The Morgan fingerprint density at radius 3 is 2.73 bits per heavy atom. The molecule has 0 aromatic carbocycles. The second-order valence-corrected chi connectivity index (χ2v) is 4.39. The van der Waals surface area contributed by atoms with Gasteiger partial charge in [-0.25, -0.2) is 9.78 Å². The van der Waals surface area contributed by atoms with Gasteiger partial charge in [0.25, 0.3) is 0 Å². The van der Waals surface area contributed by atoms with Crippen LogP contribution in [0.5, 0.6) is 0 Å². The van der Waals surface area contributed by atoms with Crippen molar-refractivity contribution >= 4 is 0 Å². The monoisotopic (exact) mass is 208 g/mol. The highest BCUT2D eigenvalue weighted by Crippen LogP contribution is 2.44. The van der Waals surface area contributed by atoms with Crippen molar-refractivity contribution in [3.63, 3.8) is 0 Å². The first-order valence-electron chi connectivity index (χ1n) is 5.96. The second-order valence-electron chi connectivity index (χ2n) is 4.39. The predicted octanol–water partition coefficient (Wildman–Crippen LogP) is 3.25. The lowest BCUT2D eigenvalue weighted by molar-refractivity contribution is -0.336. The minimum Gasteiger partial charge on any atom is -0.233 e. The molecule has 0 spiro atoms. The van der Waals surface area contributed by atoms with E-state index in [1.165, 1.54) is 0 Å². The molecule has 84 valence electrons. The highest BCUT2D eigenvalue weighted by atomic mass is 17.2. The molecule has 15 heavy (non-hydrogen) atoms. The topological polar surface area (TPSA) is 18.5 Å². The summed E-state index contributed by atoms with van der Waals surface area (Å²) in [5.74, 6) is 1.16. The Morgan fingerprint density at radius 2 is 2.00 bits per heavy atom. The molecule has 0 N–H and O–H groups in total. The lowest BCUT2D eigenvalue weighted by Crippen LogP contribution is -2.28. The van der Waals surface area contributed by atoms with Gasteiger partial charge in [-0.3, -0.25) is 0 Å². The third-order valence-corrected chi connectivity index (χ3v) is 3.39. The Hall–Kier alpha value is -0.600. The van der Waals surface area contributed by atoms with Crippen molar-refractivity contribution in [2.24, 2.45) is 11.8 Å². The van der Waals surface area contributed by atoms with E-state index < -0.39 is 0 Å². The van der Waals surface area contributed by atoms with Crippen LogP contribution >= 0.6 is 0 Å².